The van der Waals surface area contributed by atoms with E-state index in [4.69, 9.17) is 14.5 Å². The summed E-state index contributed by atoms with van der Waals surface area (Å²) >= 11 is 1.67. The van der Waals surface area contributed by atoms with Crippen LogP contribution in [0.2, 0.25) is 0 Å². The van der Waals surface area contributed by atoms with Crippen molar-refractivity contribution in [3.05, 3.63) is 63.8 Å². The molecule has 0 N–H and O–H groups in total. The third-order valence-electron chi connectivity index (χ3n) is 4.99. The highest BCUT2D eigenvalue weighted by Gasteiger charge is 2.18. The summed E-state index contributed by atoms with van der Waals surface area (Å²) in [6.07, 6.45) is 0. The number of ether oxygens (including phenoxy) is 2. The van der Waals surface area contributed by atoms with Crippen molar-refractivity contribution in [1.29, 1.82) is 0 Å². The van der Waals surface area contributed by atoms with Gasteiger partial charge in [-0.3, -0.25) is 0 Å². The Labute approximate surface area is 169 Å². The molecule has 0 radical (unpaired) electrons. The summed E-state index contributed by atoms with van der Waals surface area (Å²) in [5, 5.41) is 4.51. The normalized spacial score (nSPS) is 15.1. The van der Waals surface area contributed by atoms with Gasteiger partial charge in [0.25, 0.3) is 0 Å². The van der Waals surface area contributed by atoms with E-state index in [1.807, 2.05) is 12.1 Å². The van der Waals surface area contributed by atoms with E-state index in [0.717, 1.165) is 53.8 Å². The maximum absolute atomic E-state index is 5.57. The lowest BCUT2D eigenvalue weighted by Gasteiger charge is -2.31. The summed E-state index contributed by atoms with van der Waals surface area (Å²) in [6, 6.07) is 14.5. The SMILES string of the molecule is COc1ccc(-c2csc(=Nc3c(C)cccc3C)n2N2CCOCC2)cc1. The molecule has 0 unspecified atom stereocenters. The van der Waals surface area contributed by atoms with Crippen molar-refractivity contribution < 1.29 is 9.47 Å². The molecule has 3 aromatic rings. The molecule has 0 aliphatic carbocycles. The molecule has 2 aromatic carbocycles. The minimum atomic E-state index is 0.730. The molecule has 0 bridgehead atoms. The van der Waals surface area contributed by atoms with E-state index in [2.05, 4.69) is 59.2 Å². The van der Waals surface area contributed by atoms with Crippen LogP contribution in [-0.2, 0) is 4.74 Å². The molecular formula is C22H25N3O2S. The Morgan fingerprint density at radius 3 is 2.32 bits per heavy atom. The van der Waals surface area contributed by atoms with Crippen LogP contribution in [0.25, 0.3) is 11.3 Å². The zero-order valence-electron chi connectivity index (χ0n) is 16.5. The lowest BCUT2D eigenvalue weighted by molar-refractivity contribution is 0.111. The van der Waals surface area contributed by atoms with Crippen LogP contribution in [0.1, 0.15) is 11.1 Å². The quantitative estimate of drug-likeness (QED) is 0.669. The molecule has 1 aliphatic rings. The lowest BCUT2D eigenvalue weighted by atomic mass is 10.1. The van der Waals surface area contributed by atoms with Gasteiger partial charge in [0.1, 0.15) is 5.75 Å². The van der Waals surface area contributed by atoms with Crippen molar-refractivity contribution in [2.24, 2.45) is 4.99 Å². The fraction of sp³-hybridized carbons (Fsp3) is 0.318. The zero-order chi connectivity index (χ0) is 19.5. The summed E-state index contributed by atoms with van der Waals surface area (Å²) in [4.78, 5) is 6.05. The largest absolute Gasteiger partial charge is 0.497 e. The first-order valence-electron chi connectivity index (χ1n) is 9.46. The number of nitrogens with zero attached hydrogens (tertiary/aromatic N) is 3. The van der Waals surface area contributed by atoms with Gasteiger partial charge in [0.15, 0.2) is 0 Å². The number of morpholine rings is 1. The molecule has 0 atom stereocenters. The van der Waals surface area contributed by atoms with Gasteiger partial charge in [0, 0.05) is 10.9 Å². The van der Waals surface area contributed by atoms with Crippen LogP contribution in [0, 0.1) is 13.8 Å². The lowest BCUT2D eigenvalue weighted by Crippen LogP contribution is -2.48. The van der Waals surface area contributed by atoms with Gasteiger partial charge in [-0.25, -0.2) is 9.67 Å². The Hall–Kier alpha value is -2.57. The van der Waals surface area contributed by atoms with Gasteiger partial charge in [-0.1, -0.05) is 18.2 Å². The summed E-state index contributed by atoms with van der Waals surface area (Å²) in [5.74, 6) is 0.859. The number of hydrogen-bond acceptors (Lipinski definition) is 5. The first-order chi connectivity index (χ1) is 13.7. The first-order valence-corrected chi connectivity index (χ1v) is 10.3. The minimum Gasteiger partial charge on any atom is -0.497 e. The number of aromatic nitrogens is 1. The highest BCUT2D eigenvalue weighted by Crippen LogP contribution is 2.26. The Morgan fingerprint density at radius 2 is 1.68 bits per heavy atom. The van der Waals surface area contributed by atoms with Crippen LogP contribution in [0.3, 0.4) is 0 Å². The summed E-state index contributed by atoms with van der Waals surface area (Å²) < 4.78 is 13.1. The van der Waals surface area contributed by atoms with Crippen LogP contribution in [-0.4, -0.2) is 38.1 Å². The molecule has 5 nitrogen and oxygen atoms in total. The molecule has 0 spiro atoms. The fourth-order valence-electron chi connectivity index (χ4n) is 3.44. The molecule has 0 saturated carbocycles. The van der Waals surface area contributed by atoms with Gasteiger partial charge in [-0.05, 0) is 49.2 Å². The number of thiazole rings is 1. The van der Waals surface area contributed by atoms with E-state index < -0.39 is 0 Å². The average molecular weight is 396 g/mol. The van der Waals surface area contributed by atoms with Crippen molar-refractivity contribution in [1.82, 2.24) is 4.68 Å². The van der Waals surface area contributed by atoms with E-state index in [9.17, 15) is 0 Å². The second-order valence-corrected chi connectivity index (χ2v) is 7.70. The third kappa shape index (κ3) is 3.70. The van der Waals surface area contributed by atoms with E-state index in [1.54, 1.807) is 18.4 Å². The number of rotatable bonds is 4. The highest BCUT2D eigenvalue weighted by atomic mass is 32.1. The topological polar surface area (TPSA) is 39.0 Å². The Morgan fingerprint density at radius 1 is 1.00 bits per heavy atom. The maximum Gasteiger partial charge on any atom is 0.209 e. The molecule has 1 fully saturated rings. The molecule has 146 valence electrons. The predicted octanol–water partition coefficient (Wildman–Crippen LogP) is 4.04. The van der Waals surface area contributed by atoms with Gasteiger partial charge >= 0.3 is 0 Å². The second-order valence-electron chi connectivity index (χ2n) is 6.86. The van der Waals surface area contributed by atoms with E-state index in [0.29, 0.717) is 0 Å². The predicted molar refractivity (Wildman–Crippen MR) is 114 cm³/mol. The maximum atomic E-state index is 5.57. The molecule has 1 aliphatic heterocycles. The highest BCUT2D eigenvalue weighted by molar-refractivity contribution is 7.07. The van der Waals surface area contributed by atoms with Crippen LogP contribution < -0.4 is 14.5 Å². The number of aryl methyl sites for hydroxylation is 2. The molecule has 1 saturated heterocycles. The Kier molecular flexibility index (Phi) is 5.50. The van der Waals surface area contributed by atoms with E-state index in [-0.39, 0.29) is 0 Å². The monoisotopic (exact) mass is 395 g/mol. The molecule has 1 aromatic heterocycles. The Bertz CT molecular complexity index is 995. The van der Waals surface area contributed by atoms with E-state index in [1.165, 1.54) is 11.1 Å². The molecular weight excluding hydrogens is 370 g/mol. The molecule has 6 heteroatoms. The van der Waals surface area contributed by atoms with Crippen molar-refractivity contribution in [3.8, 4) is 17.0 Å². The molecule has 0 amide bonds. The van der Waals surface area contributed by atoms with Crippen LogP contribution >= 0.6 is 11.3 Å². The van der Waals surface area contributed by atoms with Gasteiger partial charge in [0.2, 0.25) is 4.80 Å². The molecule has 4 rings (SSSR count). The summed E-state index contributed by atoms with van der Waals surface area (Å²) in [7, 11) is 1.69. The van der Waals surface area contributed by atoms with Crippen molar-refractivity contribution in [2.45, 2.75) is 13.8 Å². The van der Waals surface area contributed by atoms with E-state index >= 15 is 0 Å². The van der Waals surface area contributed by atoms with Crippen molar-refractivity contribution >= 4 is 17.0 Å². The van der Waals surface area contributed by atoms with Crippen LogP contribution in [0.15, 0.2) is 52.8 Å². The minimum absolute atomic E-state index is 0.730. The summed E-state index contributed by atoms with van der Waals surface area (Å²) in [6.45, 7) is 7.38. The number of hydrogen-bond donors (Lipinski definition) is 0. The van der Waals surface area contributed by atoms with Crippen molar-refractivity contribution in [3.63, 3.8) is 0 Å². The molecule has 2 heterocycles. The third-order valence-corrected chi connectivity index (χ3v) is 5.80. The smallest absolute Gasteiger partial charge is 0.209 e. The van der Waals surface area contributed by atoms with Crippen LogP contribution in [0.4, 0.5) is 5.69 Å². The van der Waals surface area contributed by atoms with Gasteiger partial charge in [-0.15, -0.1) is 11.3 Å². The number of benzene rings is 2. The Balaban J connectivity index is 1.87. The first kappa shape index (κ1) is 18.8. The van der Waals surface area contributed by atoms with Gasteiger partial charge in [-0.2, -0.15) is 0 Å². The number of para-hydroxylation sites is 1. The van der Waals surface area contributed by atoms with Crippen molar-refractivity contribution in [2.75, 3.05) is 38.4 Å². The van der Waals surface area contributed by atoms with Crippen LogP contribution in [0.5, 0.6) is 5.75 Å². The van der Waals surface area contributed by atoms with Gasteiger partial charge in [0.05, 0.1) is 44.8 Å². The zero-order valence-corrected chi connectivity index (χ0v) is 17.3. The molecule has 28 heavy (non-hydrogen) atoms. The van der Waals surface area contributed by atoms with Gasteiger partial charge < -0.3 is 14.5 Å². The standard InChI is InChI=1S/C22H25N3O2S/c1-16-5-4-6-17(2)21(16)23-22-25(24-11-13-27-14-12-24)20(15-28-22)18-7-9-19(26-3)10-8-18/h4-10,15H,11-14H2,1-3H3. The second kappa shape index (κ2) is 8.20. The summed E-state index contributed by atoms with van der Waals surface area (Å²) in [5.41, 5.74) is 5.71. The fourth-order valence-corrected chi connectivity index (χ4v) is 4.35. The average Bonchev–Trinajstić information content (AvgIpc) is 3.15. The number of methoxy groups -OCH3 is 1.